The molecule has 0 aliphatic rings. The number of aryl methyl sites for hydroxylation is 3. The number of amides is 1. The molecule has 0 aliphatic carbocycles. The van der Waals surface area contributed by atoms with Gasteiger partial charge in [0.1, 0.15) is 17.4 Å². The van der Waals surface area contributed by atoms with Crippen LogP contribution in [-0.2, 0) is 0 Å². The molecule has 32 heavy (non-hydrogen) atoms. The minimum Gasteiger partial charge on any atom is -0.496 e. The molecule has 0 unspecified atom stereocenters. The smallest absolute Gasteiger partial charge is 0.260 e. The fraction of sp³-hybridized carbons (Fsp3) is 0.167. The molecule has 2 aromatic carbocycles. The van der Waals surface area contributed by atoms with Crippen molar-refractivity contribution in [2.75, 3.05) is 12.4 Å². The fourth-order valence-corrected chi connectivity index (χ4v) is 3.86. The monoisotopic (exact) mass is 445 g/mol. The largest absolute Gasteiger partial charge is 0.496 e. The Labute approximate surface area is 190 Å². The van der Waals surface area contributed by atoms with Gasteiger partial charge >= 0.3 is 0 Å². The lowest BCUT2D eigenvalue weighted by Crippen LogP contribution is -2.17. The van der Waals surface area contributed by atoms with E-state index in [0.717, 1.165) is 27.6 Å². The number of fused-ring (bicyclic) bond motifs is 1. The summed E-state index contributed by atoms with van der Waals surface area (Å²) in [5.74, 6) is 0.599. The molecule has 1 amide bonds. The second kappa shape index (κ2) is 8.33. The molecule has 0 aliphatic heterocycles. The van der Waals surface area contributed by atoms with Crippen molar-refractivity contribution >= 4 is 34.2 Å². The van der Waals surface area contributed by atoms with Crippen molar-refractivity contribution in [1.82, 2.24) is 14.8 Å². The Morgan fingerprint density at radius 3 is 2.66 bits per heavy atom. The van der Waals surface area contributed by atoms with Gasteiger partial charge in [0, 0.05) is 10.4 Å². The molecule has 2 heterocycles. The van der Waals surface area contributed by atoms with Crippen LogP contribution in [0.15, 0.2) is 42.6 Å². The van der Waals surface area contributed by atoms with Crippen LogP contribution in [0, 0.1) is 32.1 Å². The Morgan fingerprint density at radius 2 is 1.94 bits per heavy atom. The van der Waals surface area contributed by atoms with Gasteiger partial charge < -0.3 is 10.1 Å². The van der Waals surface area contributed by atoms with Crippen molar-refractivity contribution in [3.63, 3.8) is 0 Å². The number of carbonyl (C=O) groups is 1. The van der Waals surface area contributed by atoms with Crippen molar-refractivity contribution in [2.45, 2.75) is 20.8 Å². The highest BCUT2D eigenvalue weighted by Gasteiger charge is 2.20. The molecule has 7 nitrogen and oxygen atoms in total. The van der Waals surface area contributed by atoms with Crippen LogP contribution in [0.1, 0.15) is 32.6 Å². The van der Waals surface area contributed by atoms with Crippen LogP contribution < -0.4 is 10.1 Å². The predicted molar refractivity (Wildman–Crippen MR) is 124 cm³/mol. The summed E-state index contributed by atoms with van der Waals surface area (Å²) < 4.78 is 6.74. The molecule has 160 valence electrons. The second-order valence-corrected chi connectivity index (χ2v) is 7.94. The molecule has 1 N–H and O–H groups in total. The van der Waals surface area contributed by atoms with Gasteiger partial charge in [-0.2, -0.15) is 15.0 Å². The number of nitriles is 1. The Kier molecular flexibility index (Phi) is 5.56. The molecule has 2 aromatic heterocycles. The van der Waals surface area contributed by atoms with Gasteiger partial charge in [-0.3, -0.25) is 4.79 Å². The first-order valence-electron chi connectivity index (χ1n) is 9.84. The molecule has 0 bridgehead atoms. The maximum atomic E-state index is 13.0. The first kappa shape index (κ1) is 21.3. The topological polar surface area (TPSA) is 92.8 Å². The van der Waals surface area contributed by atoms with Crippen molar-refractivity contribution in [3.05, 3.63) is 75.4 Å². The van der Waals surface area contributed by atoms with E-state index < -0.39 is 5.91 Å². The number of ether oxygens (including phenoxy) is 1. The van der Waals surface area contributed by atoms with E-state index in [9.17, 15) is 10.1 Å². The van der Waals surface area contributed by atoms with Crippen LogP contribution in [0.3, 0.4) is 0 Å². The van der Waals surface area contributed by atoms with Crippen LogP contribution in [0.5, 0.6) is 5.75 Å². The molecular weight excluding hydrogens is 426 g/mol. The summed E-state index contributed by atoms with van der Waals surface area (Å²) in [6.45, 7) is 6.05. The van der Waals surface area contributed by atoms with Gasteiger partial charge in [0.2, 0.25) is 0 Å². The minimum atomic E-state index is -0.480. The number of anilines is 1. The minimum absolute atomic E-state index is 0.208. The van der Waals surface area contributed by atoms with Crippen LogP contribution >= 0.6 is 11.6 Å². The fourth-order valence-electron chi connectivity index (χ4n) is 3.69. The summed E-state index contributed by atoms with van der Waals surface area (Å²) in [7, 11) is 1.47. The molecule has 8 heteroatoms. The highest BCUT2D eigenvalue weighted by atomic mass is 35.5. The number of pyridine rings is 1. The molecule has 0 fully saturated rings. The van der Waals surface area contributed by atoms with Crippen LogP contribution in [-0.4, -0.2) is 27.8 Å². The molecule has 0 atom stereocenters. The zero-order valence-corrected chi connectivity index (χ0v) is 18.8. The van der Waals surface area contributed by atoms with Crippen molar-refractivity contribution < 1.29 is 9.53 Å². The summed E-state index contributed by atoms with van der Waals surface area (Å²) in [4.78, 5) is 17.8. The molecule has 4 aromatic rings. The average Bonchev–Trinajstić information content (AvgIpc) is 3.16. The lowest BCUT2D eigenvalue weighted by molar-refractivity contribution is 0.102. The standard InChI is InChI=1S/C24H20ClN5O2/c1-13-7-15(3)22-18(8-13)14(2)9-21(28-22)30-23(16(11-26)12-27-30)29-24(31)19-10-17(25)5-6-20(19)32-4/h5-10,12H,1-4H3,(H,29,31). The molecular formula is C24H20ClN5O2. The van der Waals surface area contributed by atoms with E-state index in [1.165, 1.54) is 24.1 Å². The summed E-state index contributed by atoms with van der Waals surface area (Å²) in [6, 6.07) is 12.9. The molecule has 0 spiro atoms. The molecule has 0 saturated carbocycles. The SMILES string of the molecule is COc1ccc(Cl)cc1C(=O)Nc1c(C#N)cnn1-c1cc(C)c2cc(C)cc(C)c2n1. The van der Waals surface area contributed by atoms with Crippen molar-refractivity contribution in [3.8, 4) is 17.6 Å². The van der Waals surface area contributed by atoms with Gasteiger partial charge in [-0.15, -0.1) is 0 Å². The number of hydrogen-bond donors (Lipinski definition) is 1. The quantitative estimate of drug-likeness (QED) is 0.470. The zero-order chi connectivity index (χ0) is 23.0. The number of methoxy groups -OCH3 is 1. The van der Waals surface area contributed by atoms with Crippen LogP contribution in [0.2, 0.25) is 5.02 Å². The Balaban J connectivity index is 1.83. The number of halogens is 1. The highest BCUT2D eigenvalue weighted by molar-refractivity contribution is 6.31. The zero-order valence-electron chi connectivity index (χ0n) is 18.0. The Hall–Kier alpha value is -3.89. The lowest BCUT2D eigenvalue weighted by Gasteiger charge is -2.13. The molecule has 4 rings (SSSR count). The lowest BCUT2D eigenvalue weighted by atomic mass is 10.0. The van der Waals surface area contributed by atoms with Gasteiger partial charge in [-0.1, -0.05) is 23.2 Å². The summed E-state index contributed by atoms with van der Waals surface area (Å²) in [6.07, 6.45) is 1.40. The second-order valence-electron chi connectivity index (χ2n) is 7.50. The average molecular weight is 446 g/mol. The number of nitrogens with zero attached hydrogens (tertiary/aromatic N) is 4. The van der Waals surface area contributed by atoms with Gasteiger partial charge in [0.15, 0.2) is 11.6 Å². The number of benzene rings is 2. The molecule has 0 radical (unpaired) electrons. The highest BCUT2D eigenvalue weighted by Crippen LogP contribution is 2.28. The number of carbonyl (C=O) groups excluding carboxylic acids is 1. The maximum Gasteiger partial charge on any atom is 0.260 e. The van der Waals surface area contributed by atoms with Crippen molar-refractivity contribution in [1.29, 1.82) is 5.26 Å². The number of aromatic nitrogens is 3. The van der Waals surface area contributed by atoms with E-state index in [4.69, 9.17) is 21.3 Å². The van der Waals surface area contributed by atoms with Gasteiger partial charge in [-0.05, 0) is 62.2 Å². The third-order valence-corrected chi connectivity index (χ3v) is 5.42. The van der Waals surface area contributed by atoms with Crippen molar-refractivity contribution in [2.24, 2.45) is 0 Å². The van der Waals surface area contributed by atoms with E-state index in [-0.39, 0.29) is 16.9 Å². The third-order valence-electron chi connectivity index (χ3n) is 5.19. The molecule has 0 saturated heterocycles. The van der Waals surface area contributed by atoms with E-state index in [0.29, 0.717) is 16.6 Å². The Morgan fingerprint density at radius 1 is 1.16 bits per heavy atom. The van der Waals surface area contributed by atoms with Crippen LogP contribution in [0.4, 0.5) is 5.82 Å². The van der Waals surface area contributed by atoms with Gasteiger partial charge in [0.25, 0.3) is 5.91 Å². The summed E-state index contributed by atoms with van der Waals surface area (Å²) in [5.41, 5.74) is 4.49. The van der Waals surface area contributed by atoms with E-state index in [2.05, 4.69) is 28.6 Å². The predicted octanol–water partition coefficient (Wildman–Crippen LogP) is 5.13. The van der Waals surface area contributed by atoms with Gasteiger partial charge in [-0.25, -0.2) is 4.98 Å². The normalized spacial score (nSPS) is 10.8. The van der Waals surface area contributed by atoms with Crippen LogP contribution in [0.25, 0.3) is 16.7 Å². The summed E-state index contributed by atoms with van der Waals surface area (Å²) in [5, 5.41) is 18.1. The Bertz CT molecular complexity index is 1420. The van der Waals surface area contributed by atoms with E-state index in [1.54, 1.807) is 12.1 Å². The third kappa shape index (κ3) is 3.77. The van der Waals surface area contributed by atoms with Gasteiger partial charge in [0.05, 0.1) is 24.4 Å². The first-order valence-corrected chi connectivity index (χ1v) is 10.2. The van der Waals surface area contributed by atoms with E-state index >= 15 is 0 Å². The number of hydrogen-bond acceptors (Lipinski definition) is 5. The summed E-state index contributed by atoms with van der Waals surface area (Å²) >= 11 is 6.07. The number of rotatable bonds is 4. The first-order chi connectivity index (χ1) is 15.3. The van der Waals surface area contributed by atoms with E-state index in [1.807, 2.05) is 26.8 Å². The maximum absolute atomic E-state index is 13.0. The number of nitrogens with one attached hydrogen (secondary N) is 1.